The van der Waals surface area contributed by atoms with Gasteiger partial charge in [-0.1, -0.05) is 37.9 Å². The monoisotopic (exact) mass is 614 g/mol. The van der Waals surface area contributed by atoms with Gasteiger partial charge in [-0.25, -0.2) is 13.1 Å². The lowest BCUT2D eigenvalue weighted by Crippen LogP contribution is -2.49. The lowest BCUT2D eigenvalue weighted by Gasteiger charge is -2.46. The summed E-state index contributed by atoms with van der Waals surface area (Å²) in [5.41, 5.74) is 3.40. The van der Waals surface area contributed by atoms with Crippen molar-refractivity contribution < 1.29 is 23.1 Å². The molecule has 2 aliphatic heterocycles. The first-order valence-electron chi connectivity index (χ1n) is 15.6. The maximum atomic E-state index is 13.4. The molecular weight excluding hydrogens is 572 g/mol. The molecule has 42 heavy (non-hydrogen) atoms. The molecule has 2 N–H and O–H groups in total. The summed E-state index contributed by atoms with van der Waals surface area (Å²) in [6, 6.07) is 11.5. The average Bonchev–Trinajstić information content (AvgIpc) is 3.07. The number of aryl methyl sites for hydroxylation is 1. The number of halogens is 1. The number of aliphatic hydroxyl groups excluding tert-OH is 1. The number of rotatable bonds is 1. The molecule has 0 unspecified atom stereocenters. The number of anilines is 1. The van der Waals surface area contributed by atoms with E-state index in [0.29, 0.717) is 49.6 Å². The van der Waals surface area contributed by atoms with Gasteiger partial charge in [-0.15, -0.1) is 0 Å². The van der Waals surface area contributed by atoms with Crippen molar-refractivity contribution in [2.24, 2.45) is 17.8 Å². The fourth-order valence-electron chi connectivity index (χ4n) is 8.11. The van der Waals surface area contributed by atoms with Crippen LogP contribution < -0.4 is 14.4 Å². The number of benzene rings is 2. The Morgan fingerprint density at radius 3 is 2.71 bits per heavy atom. The van der Waals surface area contributed by atoms with Crippen molar-refractivity contribution >= 4 is 33.2 Å². The molecule has 2 heterocycles. The third-order valence-electron chi connectivity index (χ3n) is 10.6. The van der Waals surface area contributed by atoms with Crippen LogP contribution in [0.5, 0.6) is 5.75 Å². The van der Waals surface area contributed by atoms with Gasteiger partial charge in [0.05, 0.1) is 23.6 Å². The smallest absolute Gasteiger partial charge is 0.264 e. The van der Waals surface area contributed by atoms with Crippen LogP contribution >= 0.6 is 11.6 Å². The summed E-state index contributed by atoms with van der Waals surface area (Å²) in [6.45, 7) is 5.76. The number of carbonyl (C=O) groups is 1. The molecule has 9 heteroatoms. The summed E-state index contributed by atoms with van der Waals surface area (Å²) >= 11 is 6.39. The summed E-state index contributed by atoms with van der Waals surface area (Å²) in [5, 5.41) is 11.3. The Kier molecular flexibility index (Phi) is 8.26. The Morgan fingerprint density at radius 1 is 1.12 bits per heavy atom. The fraction of sp³-hybridized carbons (Fsp3) is 0.606. The standard InChI is InChI=1S/C33H43ClN2O5S/c1-3-31-21(2)6-4-8-29(37)26-12-9-24(26)18-36-19-33(15-5-7-22-16-25(34)11-13-27(22)33)20-41-30-14-10-23(17-28(30)36)32(38)35-42(31,39)40/h10-11,13-14,16-17,21,24,26,29,31,37H,3-9,12,15,18-20H2,1-2H3,(H,35,38)/t21-,24-,26+,29-,31+,33-/m0/s1. The predicted molar refractivity (Wildman–Crippen MR) is 166 cm³/mol. The van der Waals surface area contributed by atoms with E-state index in [2.05, 4.69) is 21.8 Å². The molecule has 0 saturated heterocycles. The average molecular weight is 615 g/mol. The van der Waals surface area contributed by atoms with Crippen LogP contribution in [-0.4, -0.2) is 50.5 Å². The van der Waals surface area contributed by atoms with Crippen LogP contribution in [0.2, 0.25) is 5.02 Å². The maximum absolute atomic E-state index is 13.4. The zero-order chi connectivity index (χ0) is 29.6. The molecule has 2 aromatic carbocycles. The van der Waals surface area contributed by atoms with Gasteiger partial charge in [-0.3, -0.25) is 4.79 Å². The molecule has 0 aromatic heterocycles. The van der Waals surface area contributed by atoms with Crippen LogP contribution in [-0.2, 0) is 21.9 Å². The first-order valence-corrected chi connectivity index (χ1v) is 17.6. The van der Waals surface area contributed by atoms with E-state index < -0.39 is 27.3 Å². The summed E-state index contributed by atoms with van der Waals surface area (Å²) in [4.78, 5) is 15.8. The van der Waals surface area contributed by atoms with E-state index in [1.54, 1.807) is 12.1 Å². The van der Waals surface area contributed by atoms with Crippen molar-refractivity contribution in [2.45, 2.75) is 88.4 Å². The van der Waals surface area contributed by atoms with Gasteiger partial charge in [0.25, 0.3) is 5.91 Å². The highest BCUT2D eigenvalue weighted by molar-refractivity contribution is 7.90. The van der Waals surface area contributed by atoms with Crippen LogP contribution in [0.4, 0.5) is 5.69 Å². The Labute approximate surface area is 255 Å². The van der Waals surface area contributed by atoms with Crippen molar-refractivity contribution in [2.75, 3.05) is 24.6 Å². The molecule has 6 rings (SSSR count). The normalized spacial score (nSPS) is 32.9. The van der Waals surface area contributed by atoms with Gasteiger partial charge in [0, 0.05) is 29.1 Å². The number of aliphatic hydroxyl groups is 1. The highest BCUT2D eigenvalue weighted by Crippen LogP contribution is 2.47. The number of carbonyl (C=O) groups excluding carboxylic acids is 1. The third-order valence-corrected chi connectivity index (χ3v) is 12.9. The number of fused-ring (bicyclic) bond motifs is 4. The van der Waals surface area contributed by atoms with Crippen molar-refractivity contribution in [3.63, 3.8) is 0 Å². The van der Waals surface area contributed by atoms with Gasteiger partial charge in [-0.05, 0) is 111 Å². The Morgan fingerprint density at radius 2 is 1.95 bits per heavy atom. The molecule has 0 radical (unpaired) electrons. The zero-order valence-corrected chi connectivity index (χ0v) is 26.2. The van der Waals surface area contributed by atoms with Gasteiger partial charge in [0.1, 0.15) is 5.75 Å². The van der Waals surface area contributed by atoms with Gasteiger partial charge in [0.2, 0.25) is 10.0 Å². The number of hydrogen-bond donors (Lipinski definition) is 2. The SMILES string of the molecule is CC[C@@H]1[C@@H](C)CCC[C@H](O)[C@@H]2CC[C@H]2CN2C[C@@]3(CCCc4cc(Cl)ccc43)COc3ccc(cc32)C(=O)NS1(=O)=O. The molecule has 1 fully saturated rings. The Hall–Kier alpha value is -2.29. The van der Waals surface area contributed by atoms with Crippen molar-refractivity contribution in [3.8, 4) is 5.75 Å². The van der Waals surface area contributed by atoms with Gasteiger partial charge >= 0.3 is 0 Å². The van der Waals surface area contributed by atoms with E-state index in [-0.39, 0.29) is 17.3 Å². The van der Waals surface area contributed by atoms with Crippen LogP contribution in [0.15, 0.2) is 36.4 Å². The molecular formula is C33H43ClN2O5S. The minimum absolute atomic E-state index is 0.127. The molecule has 2 aliphatic carbocycles. The number of nitrogens with zero attached hydrogens (tertiary/aromatic N) is 1. The summed E-state index contributed by atoms with van der Waals surface area (Å²) in [6.07, 6.45) is 7.18. The molecule has 7 nitrogen and oxygen atoms in total. The van der Waals surface area contributed by atoms with E-state index in [9.17, 15) is 18.3 Å². The lowest BCUT2D eigenvalue weighted by molar-refractivity contribution is 0.00855. The second-order valence-corrected chi connectivity index (χ2v) is 15.5. The first-order chi connectivity index (χ1) is 20.1. The molecule has 228 valence electrons. The number of hydrogen-bond acceptors (Lipinski definition) is 6. The van der Waals surface area contributed by atoms with Crippen molar-refractivity contribution in [1.29, 1.82) is 0 Å². The van der Waals surface area contributed by atoms with E-state index in [0.717, 1.165) is 55.8 Å². The lowest BCUT2D eigenvalue weighted by atomic mass is 9.68. The van der Waals surface area contributed by atoms with Gasteiger partial charge in [-0.2, -0.15) is 0 Å². The second kappa shape index (κ2) is 11.7. The summed E-state index contributed by atoms with van der Waals surface area (Å²) in [5.74, 6) is 0.515. The molecule has 6 atom stereocenters. The quantitative estimate of drug-likeness (QED) is 0.418. The molecule has 1 amide bonds. The number of nitrogens with one attached hydrogen (secondary N) is 1. The third kappa shape index (κ3) is 5.55. The fourth-order valence-corrected chi connectivity index (χ4v) is 10.0. The molecule has 1 spiro atoms. The molecule has 4 aliphatic rings. The minimum atomic E-state index is -3.89. The Balaban J connectivity index is 1.41. The van der Waals surface area contributed by atoms with Crippen molar-refractivity contribution in [3.05, 3.63) is 58.1 Å². The van der Waals surface area contributed by atoms with Gasteiger partial charge < -0.3 is 14.7 Å². The topological polar surface area (TPSA) is 95.9 Å². The molecule has 2 bridgehead atoms. The van der Waals surface area contributed by atoms with Crippen LogP contribution in [0.25, 0.3) is 0 Å². The highest BCUT2D eigenvalue weighted by Gasteiger charge is 2.44. The van der Waals surface area contributed by atoms with E-state index in [1.807, 2.05) is 26.0 Å². The van der Waals surface area contributed by atoms with Crippen LogP contribution in [0.3, 0.4) is 0 Å². The largest absolute Gasteiger partial charge is 0.490 e. The van der Waals surface area contributed by atoms with E-state index in [1.165, 1.54) is 11.1 Å². The van der Waals surface area contributed by atoms with Crippen LogP contribution in [0.1, 0.15) is 86.7 Å². The highest BCUT2D eigenvalue weighted by atomic mass is 35.5. The van der Waals surface area contributed by atoms with Crippen molar-refractivity contribution in [1.82, 2.24) is 4.72 Å². The minimum Gasteiger partial charge on any atom is -0.490 e. The number of ether oxygens (including phenoxy) is 1. The predicted octanol–water partition coefficient (Wildman–Crippen LogP) is 5.86. The zero-order valence-electron chi connectivity index (χ0n) is 24.6. The number of amides is 1. The first kappa shape index (κ1) is 29.8. The van der Waals surface area contributed by atoms with E-state index >= 15 is 0 Å². The molecule has 1 saturated carbocycles. The Bertz CT molecular complexity index is 1450. The summed E-state index contributed by atoms with van der Waals surface area (Å²) < 4.78 is 35.7. The number of sulfonamides is 1. The van der Waals surface area contributed by atoms with Crippen LogP contribution in [0, 0.1) is 17.8 Å². The second-order valence-electron chi connectivity index (χ2n) is 13.2. The van der Waals surface area contributed by atoms with E-state index in [4.69, 9.17) is 16.3 Å². The van der Waals surface area contributed by atoms with Gasteiger partial charge in [0.15, 0.2) is 0 Å². The molecule has 2 aromatic rings. The summed E-state index contributed by atoms with van der Waals surface area (Å²) in [7, 11) is -3.89. The maximum Gasteiger partial charge on any atom is 0.264 e.